The average Bonchev–Trinajstić information content (AvgIpc) is 3.01. The molecule has 142 valence electrons. The number of sulfonamides is 1. The van der Waals surface area contributed by atoms with E-state index in [0.29, 0.717) is 25.6 Å². The van der Waals surface area contributed by atoms with Crippen LogP contribution in [0.15, 0.2) is 4.99 Å². The van der Waals surface area contributed by atoms with Gasteiger partial charge in [-0.2, -0.15) is 11.8 Å². The molecule has 24 heavy (non-hydrogen) atoms. The first-order chi connectivity index (χ1) is 11.1. The van der Waals surface area contributed by atoms with Gasteiger partial charge in [0, 0.05) is 64.3 Å². The van der Waals surface area contributed by atoms with Crippen molar-refractivity contribution in [3.63, 3.8) is 0 Å². The Hall–Kier alpha value is 0.220. The molecule has 0 aromatic heterocycles. The molecule has 1 N–H and O–H groups in total. The minimum Gasteiger partial charge on any atom is -0.384 e. The average molecular weight is 492 g/mol. The first-order valence-electron chi connectivity index (χ1n) is 8.07. The van der Waals surface area contributed by atoms with Crippen LogP contribution in [0.5, 0.6) is 0 Å². The SMILES string of the molecule is CN=C(NCCS(=O)(=O)N1CCSCC1)N1CCC(COC)C1.I. The maximum Gasteiger partial charge on any atom is 0.215 e. The van der Waals surface area contributed by atoms with Crippen molar-refractivity contribution in [3.8, 4) is 0 Å². The Balaban J connectivity index is 0.00000288. The third-order valence-corrected chi connectivity index (χ3v) is 7.02. The van der Waals surface area contributed by atoms with Gasteiger partial charge in [0.2, 0.25) is 10.0 Å². The predicted molar refractivity (Wildman–Crippen MR) is 111 cm³/mol. The highest BCUT2D eigenvalue weighted by Gasteiger charge is 2.26. The van der Waals surface area contributed by atoms with Gasteiger partial charge >= 0.3 is 0 Å². The first-order valence-corrected chi connectivity index (χ1v) is 10.8. The summed E-state index contributed by atoms with van der Waals surface area (Å²) in [5.74, 6) is 3.21. The van der Waals surface area contributed by atoms with Crippen LogP contribution in [-0.2, 0) is 14.8 Å². The molecular weight excluding hydrogens is 463 g/mol. The van der Waals surface area contributed by atoms with Crippen molar-refractivity contribution in [2.75, 3.05) is 70.7 Å². The van der Waals surface area contributed by atoms with Crippen LogP contribution in [-0.4, -0.2) is 94.3 Å². The van der Waals surface area contributed by atoms with E-state index in [1.807, 2.05) is 11.8 Å². The van der Waals surface area contributed by atoms with Crippen molar-refractivity contribution in [1.29, 1.82) is 0 Å². The molecule has 2 fully saturated rings. The molecule has 0 bridgehead atoms. The number of ether oxygens (including phenoxy) is 1. The van der Waals surface area contributed by atoms with Crippen LogP contribution in [0.2, 0.25) is 0 Å². The number of nitrogens with one attached hydrogen (secondary N) is 1. The number of methoxy groups -OCH3 is 1. The molecule has 7 nitrogen and oxygen atoms in total. The zero-order chi connectivity index (χ0) is 16.7. The quantitative estimate of drug-likeness (QED) is 0.331. The number of hydrogen-bond acceptors (Lipinski definition) is 5. The molecule has 2 aliphatic heterocycles. The molecule has 2 saturated heterocycles. The van der Waals surface area contributed by atoms with Gasteiger partial charge in [-0.3, -0.25) is 4.99 Å². The van der Waals surface area contributed by atoms with Crippen LogP contribution in [0.1, 0.15) is 6.42 Å². The molecular formula is C14H29IN4O3S2. The van der Waals surface area contributed by atoms with E-state index < -0.39 is 10.0 Å². The van der Waals surface area contributed by atoms with E-state index in [4.69, 9.17) is 4.74 Å². The monoisotopic (exact) mass is 492 g/mol. The Labute approximate surface area is 167 Å². The summed E-state index contributed by atoms with van der Waals surface area (Å²) in [5.41, 5.74) is 0. The smallest absolute Gasteiger partial charge is 0.215 e. The van der Waals surface area contributed by atoms with Gasteiger partial charge in [-0.25, -0.2) is 12.7 Å². The van der Waals surface area contributed by atoms with Crippen LogP contribution >= 0.6 is 35.7 Å². The van der Waals surface area contributed by atoms with Crippen molar-refractivity contribution in [2.24, 2.45) is 10.9 Å². The largest absolute Gasteiger partial charge is 0.384 e. The summed E-state index contributed by atoms with van der Waals surface area (Å²) in [7, 11) is 0.294. The fraction of sp³-hybridized carbons (Fsp3) is 0.929. The highest BCUT2D eigenvalue weighted by atomic mass is 127. The molecule has 0 aliphatic carbocycles. The number of guanidine groups is 1. The molecule has 0 radical (unpaired) electrons. The summed E-state index contributed by atoms with van der Waals surface area (Å²) in [5, 5.41) is 3.19. The van der Waals surface area contributed by atoms with Crippen molar-refractivity contribution in [1.82, 2.24) is 14.5 Å². The Bertz CT molecular complexity index is 498. The van der Waals surface area contributed by atoms with Crippen LogP contribution in [0.4, 0.5) is 0 Å². The van der Waals surface area contributed by atoms with E-state index in [-0.39, 0.29) is 29.7 Å². The zero-order valence-electron chi connectivity index (χ0n) is 14.4. The molecule has 2 heterocycles. The summed E-state index contributed by atoms with van der Waals surface area (Å²) in [6.45, 7) is 4.26. The van der Waals surface area contributed by atoms with E-state index in [2.05, 4.69) is 15.2 Å². The Morgan fingerprint density at radius 3 is 2.67 bits per heavy atom. The number of rotatable bonds is 6. The minimum absolute atomic E-state index is 0. The van der Waals surface area contributed by atoms with Gasteiger partial charge in [0.15, 0.2) is 5.96 Å². The molecule has 0 spiro atoms. The van der Waals surface area contributed by atoms with Gasteiger partial charge in [-0.1, -0.05) is 0 Å². The van der Waals surface area contributed by atoms with Gasteiger partial charge < -0.3 is 15.0 Å². The lowest BCUT2D eigenvalue weighted by atomic mass is 10.1. The number of likely N-dealkylation sites (tertiary alicyclic amines) is 1. The summed E-state index contributed by atoms with van der Waals surface area (Å²) in [6.07, 6.45) is 1.08. The fourth-order valence-corrected chi connectivity index (χ4v) is 5.47. The van der Waals surface area contributed by atoms with E-state index in [1.54, 1.807) is 18.5 Å². The molecule has 0 aromatic rings. The zero-order valence-corrected chi connectivity index (χ0v) is 18.4. The van der Waals surface area contributed by atoms with Gasteiger partial charge in [-0.05, 0) is 6.42 Å². The standard InChI is InChI=1S/C14H28N4O3S2.HI/c1-15-14(17-5-3-13(11-17)12-21-2)16-4-10-23(19,20)18-6-8-22-9-7-18;/h13H,3-12H2,1-2H3,(H,15,16);1H. The van der Waals surface area contributed by atoms with Crippen molar-refractivity contribution in [2.45, 2.75) is 6.42 Å². The Morgan fingerprint density at radius 1 is 1.33 bits per heavy atom. The first kappa shape index (κ1) is 22.3. The second-order valence-corrected chi connectivity index (χ2v) is 9.17. The number of nitrogens with zero attached hydrogens (tertiary/aromatic N) is 3. The Kier molecular flexibility index (Phi) is 10.2. The minimum atomic E-state index is -3.17. The molecule has 0 aromatic carbocycles. The number of thioether (sulfide) groups is 1. The lowest BCUT2D eigenvalue weighted by molar-refractivity contribution is 0.157. The van der Waals surface area contributed by atoms with Crippen molar-refractivity contribution >= 4 is 51.7 Å². The van der Waals surface area contributed by atoms with Gasteiger partial charge in [0.1, 0.15) is 0 Å². The molecule has 0 saturated carbocycles. The summed E-state index contributed by atoms with van der Waals surface area (Å²) >= 11 is 1.81. The number of hydrogen-bond donors (Lipinski definition) is 1. The lowest BCUT2D eigenvalue weighted by Gasteiger charge is -2.26. The summed E-state index contributed by atoms with van der Waals surface area (Å²) in [4.78, 5) is 6.45. The van der Waals surface area contributed by atoms with E-state index in [1.165, 1.54) is 0 Å². The van der Waals surface area contributed by atoms with Gasteiger partial charge in [0.25, 0.3) is 0 Å². The molecule has 2 rings (SSSR count). The van der Waals surface area contributed by atoms with Gasteiger partial charge in [-0.15, -0.1) is 24.0 Å². The molecule has 0 amide bonds. The third-order valence-electron chi connectivity index (χ3n) is 4.21. The summed E-state index contributed by atoms with van der Waals surface area (Å²) < 4.78 is 31.5. The normalized spacial score (nSPS) is 23.2. The highest BCUT2D eigenvalue weighted by Crippen LogP contribution is 2.16. The number of aliphatic imine (C=N–C) groups is 1. The second kappa shape index (κ2) is 11.0. The fourth-order valence-electron chi connectivity index (χ4n) is 2.97. The van der Waals surface area contributed by atoms with Crippen LogP contribution in [0.25, 0.3) is 0 Å². The topological polar surface area (TPSA) is 74.2 Å². The molecule has 1 atom stereocenters. The van der Waals surface area contributed by atoms with Crippen molar-refractivity contribution < 1.29 is 13.2 Å². The number of halogens is 1. The predicted octanol–water partition coefficient (Wildman–Crippen LogP) is 0.527. The molecule has 1 unspecified atom stereocenters. The van der Waals surface area contributed by atoms with Crippen LogP contribution in [0, 0.1) is 5.92 Å². The van der Waals surface area contributed by atoms with E-state index in [9.17, 15) is 8.42 Å². The van der Waals surface area contributed by atoms with Crippen molar-refractivity contribution in [3.05, 3.63) is 0 Å². The lowest BCUT2D eigenvalue weighted by Crippen LogP contribution is -2.45. The Morgan fingerprint density at radius 2 is 2.04 bits per heavy atom. The third kappa shape index (κ3) is 6.50. The van der Waals surface area contributed by atoms with Crippen LogP contribution < -0.4 is 5.32 Å². The second-order valence-electron chi connectivity index (χ2n) is 5.86. The highest BCUT2D eigenvalue weighted by molar-refractivity contribution is 14.0. The van der Waals surface area contributed by atoms with Gasteiger partial charge in [0.05, 0.1) is 12.4 Å². The maximum absolute atomic E-state index is 12.3. The summed E-state index contributed by atoms with van der Waals surface area (Å²) in [6, 6.07) is 0. The molecule has 10 heteroatoms. The molecule has 2 aliphatic rings. The van der Waals surface area contributed by atoms with E-state index in [0.717, 1.165) is 43.6 Å². The van der Waals surface area contributed by atoms with E-state index >= 15 is 0 Å². The van der Waals surface area contributed by atoms with Crippen LogP contribution in [0.3, 0.4) is 0 Å². The maximum atomic E-state index is 12.3.